The van der Waals surface area contributed by atoms with E-state index in [0.717, 1.165) is 0 Å². The second kappa shape index (κ2) is 9.62. The Morgan fingerprint density at radius 1 is 1.14 bits per heavy atom. The van der Waals surface area contributed by atoms with Gasteiger partial charge >= 0.3 is 17.9 Å². The smallest absolute Gasteiger partial charge is 0.322 e. The van der Waals surface area contributed by atoms with Crippen molar-refractivity contribution in [2.75, 3.05) is 26.5 Å². The van der Waals surface area contributed by atoms with Crippen LogP contribution >= 0.6 is 11.8 Å². The molecule has 0 spiro atoms. The Balaban J connectivity index is 4.43. The largest absolute Gasteiger partial charge is 0.480 e. The van der Waals surface area contributed by atoms with Crippen LogP contribution in [-0.2, 0) is 23.9 Å². The van der Waals surface area contributed by atoms with Gasteiger partial charge < -0.3 is 19.9 Å². The van der Waals surface area contributed by atoms with Crippen molar-refractivity contribution in [3.8, 4) is 0 Å². The molecule has 0 saturated carbocycles. The zero-order chi connectivity index (χ0) is 16.5. The number of thioether (sulfide) groups is 1. The van der Waals surface area contributed by atoms with Gasteiger partial charge in [0.15, 0.2) is 0 Å². The number of hydrogen-bond acceptors (Lipinski definition) is 7. The highest BCUT2D eigenvalue weighted by molar-refractivity contribution is 8.00. The van der Waals surface area contributed by atoms with Gasteiger partial charge in [-0.1, -0.05) is 0 Å². The first kappa shape index (κ1) is 19.7. The van der Waals surface area contributed by atoms with Gasteiger partial charge in [-0.2, -0.15) is 11.8 Å². The van der Waals surface area contributed by atoms with E-state index in [1.807, 2.05) is 0 Å². The fourth-order valence-electron chi connectivity index (χ4n) is 1.63. The number of aliphatic carboxylic acids is 1. The third kappa shape index (κ3) is 7.91. The molecule has 0 saturated heterocycles. The fraction of sp³-hybridized carbons (Fsp3) is 0.769. The minimum absolute atomic E-state index is 0.100. The Hall–Kier alpha value is -1.28. The molecule has 0 heterocycles. The van der Waals surface area contributed by atoms with E-state index in [4.69, 9.17) is 0 Å². The molecule has 1 atom stereocenters. The van der Waals surface area contributed by atoms with Gasteiger partial charge in [-0.05, 0) is 13.8 Å². The maximum atomic E-state index is 11.4. The molecule has 21 heavy (non-hydrogen) atoms. The molecule has 8 heteroatoms. The van der Waals surface area contributed by atoms with E-state index in [9.17, 15) is 19.5 Å². The monoisotopic (exact) mass is 321 g/mol. The average molecular weight is 321 g/mol. The van der Waals surface area contributed by atoms with Crippen molar-refractivity contribution in [3.63, 3.8) is 0 Å². The molecule has 0 aromatic heterocycles. The van der Waals surface area contributed by atoms with Gasteiger partial charge in [0, 0.05) is 17.0 Å². The number of nitrogens with one attached hydrogen (secondary N) is 1. The van der Waals surface area contributed by atoms with Gasteiger partial charge in [0.25, 0.3) is 0 Å². The van der Waals surface area contributed by atoms with Crippen molar-refractivity contribution >= 4 is 29.7 Å². The predicted molar refractivity (Wildman–Crippen MR) is 79.2 cm³/mol. The van der Waals surface area contributed by atoms with Gasteiger partial charge in [0.2, 0.25) is 0 Å². The number of ether oxygens (including phenoxy) is 2. The van der Waals surface area contributed by atoms with Crippen LogP contribution in [0.4, 0.5) is 0 Å². The number of carbonyl (C=O) groups is 3. The van der Waals surface area contributed by atoms with Gasteiger partial charge in [0.05, 0.1) is 27.1 Å². The lowest BCUT2D eigenvalue weighted by Gasteiger charge is -2.31. The predicted octanol–water partition coefficient (Wildman–Crippen LogP) is 0.667. The molecule has 122 valence electrons. The summed E-state index contributed by atoms with van der Waals surface area (Å²) in [7, 11) is 2.59. The Kier molecular flexibility index (Phi) is 9.03. The highest BCUT2D eigenvalue weighted by Gasteiger charge is 2.35. The standard InChI is InChI=1S/C13H23NO6S/c1-13(2,21-8-6-10(16)20-4)11(12(17)18)14-7-5-9(15)19-3/h11,14H,5-8H2,1-4H3,(H,17,18)/t11-/m1/s1. The summed E-state index contributed by atoms with van der Waals surface area (Å²) < 4.78 is 8.40. The zero-order valence-corrected chi connectivity index (χ0v) is 13.6. The summed E-state index contributed by atoms with van der Waals surface area (Å²) in [5, 5.41) is 12.1. The lowest BCUT2D eigenvalue weighted by Crippen LogP contribution is -2.51. The number of hydrogen-bond donors (Lipinski definition) is 2. The average Bonchev–Trinajstić information content (AvgIpc) is 2.41. The van der Waals surface area contributed by atoms with Crippen LogP contribution in [0.2, 0.25) is 0 Å². The topological polar surface area (TPSA) is 102 Å². The first-order valence-corrected chi connectivity index (χ1v) is 7.47. The lowest BCUT2D eigenvalue weighted by atomic mass is 10.0. The summed E-state index contributed by atoms with van der Waals surface area (Å²) in [4.78, 5) is 33.5. The minimum atomic E-state index is -1.00. The first-order valence-electron chi connectivity index (χ1n) is 6.48. The summed E-state index contributed by atoms with van der Waals surface area (Å²) in [6.45, 7) is 3.77. The molecular formula is C13H23NO6S. The molecule has 0 aromatic rings. The van der Waals surface area contributed by atoms with Gasteiger partial charge in [-0.25, -0.2) is 0 Å². The minimum Gasteiger partial charge on any atom is -0.480 e. The number of methoxy groups -OCH3 is 2. The zero-order valence-electron chi connectivity index (χ0n) is 12.8. The SMILES string of the molecule is COC(=O)CCN[C@H](C(=O)O)C(C)(C)SCCC(=O)OC. The number of esters is 2. The molecule has 7 nitrogen and oxygen atoms in total. The van der Waals surface area contributed by atoms with Crippen LogP contribution in [-0.4, -0.2) is 60.3 Å². The van der Waals surface area contributed by atoms with E-state index >= 15 is 0 Å². The summed E-state index contributed by atoms with van der Waals surface area (Å²) in [5.41, 5.74) is 0. The molecular weight excluding hydrogens is 298 g/mol. The molecule has 0 bridgehead atoms. The van der Waals surface area contributed by atoms with Crippen LogP contribution in [0.5, 0.6) is 0 Å². The second-order valence-electron chi connectivity index (χ2n) is 4.83. The highest BCUT2D eigenvalue weighted by Crippen LogP contribution is 2.29. The van der Waals surface area contributed by atoms with Crippen molar-refractivity contribution in [2.45, 2.75) is 37.5 Å². The van der Waals surface area contributed by atoms with Crippen LogP contribution in [0, 0.1) is 0 Å². The molecule has 2 N–H and O–H groups in total. The third-order valence-electron chi connectivity index (χ3n) is 2.86. The summed E-state index contributed by atoms with van der Waals surface area (Å²) >= 11 is 1.36. The molecule has 0 aromatic carbocycles. The lowest BCUT2D eigenvalue weighted by molar-refractivity contribution is -0.142. The quantitative estimate of drug-likeness (QED) is 0.566. The maximum absolute atomic E-state index is 11.4. The van der Waals surface area contributed by atoms with E-state index < -0.39 is 22.7 Å². The normalized spacial score (nSPS) is 12.6. The Morgan fingerprint density at radius 3 is 2.14 bits per heavy atom. The van der Waals surface area contributed by atoms with Gasteiger partial charge in [0.1, 0.15) is 6.04 Å². The van der Waals surface area contributed by atoms with E-state index in [-0.39, 0.29) is 25.4 Å². The van der Waals surface area contributed by atoms with Crippen molar-refractivity contribution in [1.82, 2.24) is 5.32 Å². The number of carbonyl (C=O) groups excluding carboxylic acids is 2. The van der Waals surface area contributed by atoms with E-state index in [1.54, 1.807) is 13.8 Å². The highest BCUT2D eigenvalue weighted by atomic mass is 32.2. The number of rotatable bonds is 10. The van der Waals surface area contributed by atoms with Crippen molar-refractivity contribution in [1.29, 1.82) is 0 Å². The molecule has 0 fully saturated rings. The van der Waals surface area contributed by atoms with Crippen LogP contribution in [0.3, 0.4) is 0 Å². The Morgan fingerprint density at radius 2 is 1.67 bits per heavy atom. The third-order valence-corrected chi connectivity index (χ3v) is 4.24. The second-order valence-corrected chi connectivity index (χ2v) is 6.58. The summed E-state index contributed by atoms with van der Waals surface area (Å²) in [6.07, 6.45) is 0.322. The fourth-order valence-corrected chi connectivity index (χ4v) is 2.78. The molecule has 0 aliphatic rings. The van der Waals surface area contributed by atoms with E-state index in [0.29, 0.717) is 5.75 Å². The van der Waals surface area contributed by atoms with E-state index in [2.05, 4.69) is 14.8 Å². The molecule has 0 rings (SSSR count). The first-order chi connectivity index (χ1) is 9.74. The van der Waals surface area contributed by atoms with Crippen molar-refractivity contribution < 1.29 is 29.0 Å². The Labute approximate surface area is 128 Å². The van der Waals surface area contributed by atoms with Crippen LogP contribution in [0.15, 0.2) is 0 Å². The van der Waals surface area contributed by atoms with Crippen LogP contribution < -0.4 is 5.32 Å². The Bertz CT molecular complexity index is 372. The van der Waals surface area contributed by atoms with Gasteiger partial charge in [-0.15, -0.1) is 0 Å². The summed E-state index contributed by atoms with van der Waals surface area (Å²) in [6, 6.07) is -0.843. The van der Waals surface area contributed by atoms with Crippen molar-refractivity contribution in [2.24, 2.45) is 0 Å². The number of carboxylic acids is 1. The van der Waals surface area contributed by atoms with Crippen molar-refractivity contribution in [3.05, 3.63) is 0 Å². The summed E-state index contributed by atoms with van der Waals surface area (Å²) in [5.74, 6) is -1.27. The molecule has 0 unspecified atom stereocenters. The maximum Gasteiger partial charge on any atom is 0.322 e. The molecule has 0 aliphatic carbocycles. The molecule has 0 amide bonds. The van der Waals surface area contributed by atoms with Crippen LogP contribution in [0.1, 0.15) is 26.7 Å². The van der Waals surface area contributed by atoms with Crippen LogP contribution in [0.25, 0.3) is 0 Å². The molecule has 0 aliphatic heterocycles. The van der Waals surface area contributed by atoms with Gasteiger partial charge in [-0.3, -0.25) is 14.4 Å². The number of carboxylic acid groups (broad SMARTS) is 1. The molecule has 0 radical (unpaired) electrons. The van der Waals surface area contributed by atoms with E-state index in [1.165, 1.54) is 26.0 Å².